The fourth-order valence-electron chi connectivity index (χ4n) is 1.50. The Labute approximate surface area is 152 Å². The van der Waals surface area contributed by atoms with E-state index in [-0.39, 0.29) is 26.2 Å². The van der Waals surface area contributed by atoms with Crippen LogP contribution in [0.1, 0.15) is 18.4 Å². The van der Waals surface area contributed by atoms with Crippen LogP contribution in [0.3, 0.4) is 0 Å². The average molecular weight is 354 g/mol. The Balaban J connectivity index is 0.000000307. The molecule has 0 N–H and O–H groups in total. The predicted molar refractivity (Wildman–Crippen MR) is 87.4 cm³/mol. The summed E-state index contributed by atoms with van der Waals surface area (Å²) in [5.41, 5.74) is 1.30. The SMILES string of the molecule is [CH2-]CC[CH-]c1ccccc1.[CH]1[CH][CH][CH][CH]1.[CH]1[CH][CH][CH][CH]1.[Zr+2]. The fourth-order valence-corrected chi connectivity index (χ4v) is 1.50. The molecule has 106 valence electrons. The van der Waals surface area contributed by atoms with Gasteiger partial charge in [0.25, 0.3) is 0 Å². The largest absolute Gasteiger partial charge is 2.00 e. The summed E-state index contributed by atoms with van der Waals surface area (Å²) >= 11 is 0. The molecule has 3 rings (SSSR count). The van der Waals surface area contributed by atoms with Crippen molar-refractivity contribution in [1.82, 2.24) is 0 Å². The summed E-state index contributed by atoms with van der Waals surface area (Å²) in [5.74, 6) is 0. The molecule has 2 aliphatic rings. The van der Waals surface area contributed by atoms with Gasteiger partial charge < -0.3 is 6.92 Å². The van der Waals surface area contributed by atoms with Crippen LogP contribution in [0.25, 0.3) is 0 Å². The van der Waals surface area contributed by atoms with Crippen molar-refractivity contribution in [3.05, 3.63) is 113 Å². The summed E-state index contributed by atoms with van der Waals surface area (Å²) in [4.78, 5) is 0. The summed E-state index contributed by atoms with van der Waals surface area (Å²) < 4.78 is 0. The normalized spacial score (nSPS) is 15.9. The van der Waals surface area contributed by atoms with Gasteiger partial charge in [-0.2, -0.15) is 30.5 Å². The van der Waals surface area contributed by atoms with Crippen LogP contribution in [-0.2, 0) is 26.2 Å². The van der Waals surface area contributed by atoms with Crippen molar-refractivity contribution in [2.24, 2.45) is 0 Å². The van der Waals surface area contributed by atoms with E-state index in [9.17, 15) is 0 Å². The molecule has 0 spiro atoms. The Morgan fingerprint density at radius 2 is 1.05 bits per heavy atom. The number of hydrogen-bond donors (Lipinski definition) is 0. The van der Waals surface area contributed by atoms with Crippen molar-refractivity contribution in [2.45, 2.75) is 12.8 Å². The van der Waals surface area contributed by atoms with Crippen molar-refractivity contribution >= 4 is 0 Å². The Kier molecular flexibility index (Phi) is 16.3. The molecule has 21 heavy (non-hydrogen) atoms. The van der Waals surface area contributed by atoms with Gasteiger partial charge in [-0.05, 0) is 64.2 Å². The van der Waals surface area contributed by atoms with Crippen LogP contribution in [-0.4, -0.2) is 0 Å². The van der Waals surface area contributed by atoms with Crippen molar-refractivity contribution in [2.75, 3.05) is 0 Å². The Morgan fingerprint density at radius 1 is 0.667 bits per heavy atom. The summed E-state index contributed by atoms with van der Waals surface area (Å²) in [6.07, 6.45) is 24.3. The van der Waals surface area contributed by atoms with Gasteiger partial charge in [-0.1, -0.05) is 6.07 Å². The molecule has 0 nitrogen and oxygen atoms in total. The molecule has 0 aromatic heterocycles. The van der Waals surface area contributed by atoms with Gasteiger partial charge in [0.15, 0.2) is 0 Å². The van der Waals surface area contributed by atoms with Gasteiger partial charge in [0, 0.05) is 0 Å². The van der Waals surface area contributed by atoms with E-state index in [0.29, 0.717) is 0 Å². The third kappa shape index (κ3) is 13.4. The standard InChI is InChI=1S/C10H12.2C5H5.Zr/c1-2-3-7-10-8-5-4-6-9-10;2*1-2-4-5-3-1;/h4-9H,1-3H2;2*1-5H;/q-2;;;+2. The maximum Gasteiger partial charge on any atom is 2.00 e. The molecule has 0 saturated heterocycles. The van der Waals surface area contributed by atoms with Gasteiger partial charge in [0.05, 0.1) is 0 Å². The maximum absolute atomic E-state index is 3.77. The van der Waals surface area contributed by atoms with E-state index >= 15 is 0 Å². The van der Waals surface area contributed by atoms with Crippen LogP contribution in [0.5, 0.6) is 0 Å². The summed E-state index contributed by atoms with van der Waals surface area (Å²) in [5, 5.41) is 0. The smallest absolute Gasteiger partial charge is 0.344 e. The molecule has 1 heteroatoms. The van der Waals surface area contributed by atoms with E-state index in [4.69, 9.17) is 0 Å². The molecule has 0 aliphatic heterocycles. The van der Waals surface area contributed by atoms with Gasteiger partial charge in [-0.15, -0.1) is 18.6 Å². The van der Waals surface area contributed by atoms with E-state index in [1.54, 1.807) is 0 Å². The third-order valence-corrected chi connectivity index (χ3v) is 2.49. The van der Waals surface area contributed by atoms with Crippen molar-refractivity contribution in [3.8, 4) is 0 Å². The Hall–Kier alpha value is -0.0269. The van der Waals surface area contributed by atoms with Crippen LogP contribution in [0.15, 0.2) is 30.3 Å². The van der Waals surface area contributed by atoms with E-state index in [1.807, 2.05) is 70.3 Å². The van der Waals surface area contributed by atoms with Crippen molar-refractivity contribution < 1.29 is 26.2 Å². The quantitative estimate of drug-likeness (QED) is 0.679. The van der Waals surface area contributed by atoms with Crippen LogP contribution in [0, 0.1) is 77.6 Å². The molecule has 0 atom stereocenters. The molecule has 0 unspecified atom stereocenters. The zero-order valence-corrected chi connectivity index (χ0v) is 14.8. The number of rotatable bonds is 3. The zero-order chi connectivity index (χ0) is 14.3. The summed E-state index contributed by atoms with van der Waals surface area (Å²) in [7, 11) is 0. The molecule has 10 radical (unpaired) electrons. The maximum atomic E-state index is 3.77. The van der Waals surface area contributed by atoms with Gasteiger partial charge >= 0.3 is 26.2 Å². The minimum absolute atomic E-state index is 0. The van der Waals surface area contributed by atoms with E-state index in [2.05, 4.69) is 37.6 Å². The molecule has 1 aromatic carbocycles. The second-order valence-electron chi connectivity index (χ2n) is 4.18. The Bertz CT molecular complexity index is 261. The fraction of sp³-hybridized carbons (Fsp3) is 0.100. The first-order valence-electron chi connectivity index (χ1n) is 6.94. The molecule has 2 fully saturated rings. The molecular weight excluding hydrogens is 331 g/mol. The van der Waals surface area contributed by atoms with Crippen molar-refractivity contribution in [3.63, 3.8) is 0 Å². The van der Waals surface area contributed by atoms with E-state index < -0.39 is 0 Å². The second kappa shape index (κ2) is 16.3. The number of benzene rings is 1. The Morgan fingerprint density at radius 3 is 1.38 bits per heavy atom. The van der Waals surface area contributed by atoms with Gasteiger partial charge in [0.2, 0.25) is 0 Å². The monoisotopic (exact) mass is 352 g/mol. The second-order valence-corrected chi connectivity index (χ2v) is 4.18. The molecule has 2 aliphatic carbocycles. The molecule has 2 saturated carbocycles. The minimum Gasteiger partial charge on any atom is -0.344 e. The van der Waals surface area contributed by atoms with Gasteiger partial charge in [-0.25, -0.2) is 0 Å². The summed E-state index contributed by atoms with van der Waals surface area (Å²) in [6, 6.07) is 10.3. The van der Waals surface area contributed by atoms with Crippen LogP contribution in [0.4, 0.5) is 0 Å². The molecule has 0 heterocycles. The van der Waals surface area contributed by atoms with E-state index in [1.165, 1.54) is 5.56 Å². The van der Waals surface area contributed by atoms with E-state index in [0.717, 1.165) is 12.8 Å². The molecule has 1 aromatic rings. The van der Waals surface area contributed by atoms with Gasteiger partial charge in [0.1, 0.15) is 0 Å². The van der Waals surface area contributed by atoms with Crippen LogP contribution in [0.2, 0.25) is 0 Å². The number of hydrogen-bond acceptors (Lipinski definition) is 0. The first kappa shape index (κ1) is 21.0. The minimum atomic E-state index is 0. The average Bonchev–Trinajstić information content (AvgIpc) is 3.23. The van der Waals surface area contributed by atoms with Crippen LogP contribution < -0.4 is 0 Å². The zero-order valence-electron chi connectivity index (χ0n) is 12.4. The first-order valence-corrected chi connectivity index (χ1v) is 6.94. The van der Waals surface area contributed by atoms with Crippen LogP contribution >= 0.6 is 0 Å². The third-order valence-electron chi connectivity index (χ3n) is 2.49. The predicted octanol–water partition coefficient (Wildman–Crippen LogP) is 4.89. The molecule has 0 bridgehead atoms. The number of unbranched alkanes of at least 4 members (excludes halogenated alkanes) is 1. The topological polar surface area (TPSA) is 0 Å². The summed E-state index contributed by atoms with van der Waals surface area (Å²) in [6.45, 7) is 3.77. The molecule has 0 amide bonds. The van der Waals surface area contributed by atoms with Gasteiger partial charge in [-0.3, -0.25) is 0 Å². The first-order chi connectivity index (χ1) is 9.93. The molecular formula is C20H22Zr. The van der Waals surface area contributed by atoms with Crippen molar-refractivity contribution in [1.29, 1.82) is 0 Å².